The molecule has 0 aromatic carbocycles. The lowest BCUT2D eigenvalue weighted by atomic mass is 9.80. The first kappa shape index (κ1) is 9.50. The Morgan fingerprint density at radius 1 is 1.54 bits per heavy atom. The lowest BCUT2D eigenvalue weighted by molar-refractivity contribution is 0.0636. The zero-order chi connectivity index (χ0) is 9.26. The van der Waals surface area contributed by atoms with Gasteiger partial charge in [0.25, 0.3) is 0 Å². The summed E-state index contributed by atoms with van der Waals surface area (Å²) in [5.74, 6) is 0.542. The van der Waals surface area contributed by atoms with Crippen molar-refractivity contribution in [3.8, 4) is 0 Å². The Bertz CT molecular complexity index is 280. The molecule has 0 bridgehead atoms. The van der Waals surface area contributed by atoms with Crippen molar-refractivity contribution in [3.05, 3.63) is 21.3 Å². The quantitative estimate of drug-likeness (QED) is 0.824. The van der Waals surface area contributed by atoms with Crippen molar-refractivity contribution < 1.29 is 5.11 Å². The van der Waals surface area contributed by atoms with Gasteiger partial charge in [-0.2, -0.15) is 0 Å². The van der Waals surface area contributed by atoms with E-state index in [-0.39, 0.29) is 6.10 Å². The highest BCUT2D eigenvalue weighted by atomic mass is 35.5. The monoisotopic (exact) mass is 216 g/mol. The van der Waals surface area contributed by atoms with Gasteiger partial charge in [0.05, 0.1) is 10.4 Å². The average molecular weight is 217 g/mol. The SMILES string of the molecule is OC(Cc1ccc(Cl)s1)C1CCC1. The number of halogens is 1. The maximum Gasteiger partial charge on any atom is 0.0931 e. The molecule has 1 aromatic rings. The third-order valence-corrected chi connectivity index (χ3v) is 3.99. The number of aliphatic hydroxyl groups excluding tert-OH is 1. The lowest BCUT2D eigenvalue weighted by Crippen LogP contribution is -2.28. The molecule has 2 rings (SSSR count). The largest absolute Gasteiger partial charge is 0.392 e. The van der Waals surface area contributed by atoms with Crippen LogP contribution in [0.1, 0.15) is 24.1 Å². The maximum absolute atomic E-state index is 9.80. The van der Waals surface area contributed by atoms with E-state index in [1.807, 2.05) is 12.1 Å². The first-order chi connectivity index (χ1) is 6.25. The Morgan fingerprint density at radius 3 is 2.77 bits per heavy atom. The van der Waals surface area contributed by atoms with Gasteiger partial charge in [-0.3, -0.25) is 0 Å². The van der Waals surface area contributed by atoms with Crippen molar-refractivity contribution in [3.63, 3.8) is 0 Å². The standard InChI is InChI=1S/C10H13ClOS/c11-10-5-4-8(13-10)6-9(12)7-2-1-3-7/h4-5,7,9,12H,1-3,6H2. The smallest absolute Gasteiger partial charge is 0.0931 e. The van der Waals surface area contributed by atoms with E-state index in [1.54, 1.807) is 11.3 Å². The minimum atomic E-state index is -0.150. The molecule has 72 valence electrons. The number of aliphatic hydroxyl groups is 1. The molecule has 0 spiro atoms. The number of hydrogen-bond donors (Lipinski definition) is 1. The highest BCUT2D eigenvalue weighted by Crippen LogP contribution is 2.32. The van der Waals surface area contributed by atoms with Gasteiger partial charge in [0, 0.05) is 11.3 Å². The molecule has 1 nitrogen and oxygen atoms in total. The van der Waals surface area contributed by atoms with Gasteiger partial charge in [0.2, 0.25) is 0 Å². The van der Waals surface area contributed by atoms with Gasteiger partial charge < -0.3 is 5.11 Å². The molecule has 3 heteroatoms. The van der Waals surface area contributed by atoms with Crippen molar-refractivity contribution >= 4 is 22.9 Å². The number of thiophene rings is 1. The van der Waals surface area contributed by atoms with Crippen molar-refractivity contribution in [1.29, 1.82) is 0 Å². The predicted octanol–water partition coefficient (Wildman–Crippen LogP) is 3.11. The molecule has 1 N–H and O–H groups in total. The predicted molar refractivity (Wildman–Crippen MR) is 56.4 cm³/mol. The van der Waals surface area contributed by atoms with E-state index >= 15 is 0 Å². The molecule has 1 fully saturated rings. The fourth-order valence-corrected chi connectivity index (χ4v) is 2.80. The molecule has 1 aliphatic carbocycles. The summed E-state index contributed by atoms with van der Waals surface area (Å²) in [6.07, 6.45) is 4.30. The first-order valence-corrected chi connectivity index (χ1v) is 5.87. The van der Waals surface area contributed by atoms with Crippen LogP contribution in [0.3, 0.4) is 0 Å². The molecule has 0 amide bonds. The van der Waals surface area contributed by atoms with E-state index in [1.165, 1.54) is 24.1 Å². The van der Waals surface area contributed by atoms with E-state index in [0.717, 1.165) is 10.8 Å². The van der Waals surface area contributed by atoms with Gasteiger partial charge in [0.15, 0.2) is 0 Å². The van der Waals surface area contributed by atoms with E-state index < -0.39 is 0 Å². The Kier molecular flexibility index (Phi) is 2.92. The highest BCUT2D eigenvalue weighted by Gasteiger charge is 2.25. The van der Waals surface area contributed by atoms with Crippen LogP contribution < -0.4 is 0 Å². The molecular weight excluding hydrogens is 204 g/mol. The Labute approximate surface area is 87.4 Å². The van der Waals surface area contributed by atoms with Gasteiger partial charge >= 0.3 is 0 Å². The second kappa shape index (κ2) is 3.99. The zero-order valence-electron chi connectivity index (χ0n) is 7.37. The fourth-order valence-electron chi connectivity index (χ4n) is 1.66. The second-order valence-corrected chi connectivity index (χ2v) is 5.47. The van der Waals surface area contributed by atoms with Crippen LogP contribution in [-0.2, 0) is 6.42 Å². The van der Waals surface area contributed by atoms with Crippen molar-refractivity contribution in [1.82, 2.24) is 0 Å². The van der Waals surface area contributed by atoms with Gasteiger partial charge in [-0.25, -0.2) is 0 Å². The normalized spacial score (nSPS) is 19.8. The van der Waals surface area contributed by atoms with Gasteiger partial charge in [-0.15, -0.1) is 11.3 Å². The summed E-state index contributed by atoms with van der Waals surface area (Å²) in [6.45, 7) is 0. The fraction of sp³-hybridized carbons (Fsp3) is 0.600. The molecule has 1 aliphatic rings. The Balaban J connectivity index is 1.89. The van der Waals surface area contributed by atoms with Crippen LogP contribution in [-0.4, -0.2) is 11.2 Å². The molecule has 1 unspecified atom stereocenters. The van der Waals surface area contributed by atoms with E-state index in [9.17, 15) is 5.11 Å². The summed E-state index contributed by atoms with van der Waals surface area (Å²) in [5, 5.41) is 9.80. The minimum absolute atomic E-state index is 0.150. The molecule has 1 saturated carbocycles. The molecule has 0 radical (unpaired) electrons. The van der Waals surface area contributed by atoms with Crippen LogP contribution in [0, 0.1) is 5.92 Å². The van der Waals surface area contributed by atoms with Gasteiger partial charge in [-0.1, -0.05) is 18.0 Å². The summed E-state index contributed by atoms with van der Waals surface area (Å²) in [5.41, 5.74) is 0. The molecule has 1 atom stereocenters. The second-order valence-electron chi connectivity index (χ2n) is 3.67. The Morgan fingerprint density at radius 2 is 2.31 bits per heavy atom. The van der Waals surface area contributed by atoms with Crippen LogP contribution in [0.25, 0.3) is 0 Å². The first-order valence-electron chi connectivity index (χ1n) is 4.68. The molecule has 0 aliphatic heterocycles. The van der Waals surface area contributed by atoms with Gasteiger partial charge in [-0.05, 0) is 30.9 Å². The minimum Gasteiger partial charge on any atom is -0.392 e. The molecule has 0 saturated heterocycles. The maximum atomic E-state index is 9.80. The van der Waals surface area contributed by atoms with Gasteiger partial charge in [0.1, 0.15) is 0 Å². The Hall–Kier alpha value is -0.0500. The van der Waals surface area contributed by atoms with Crippen molar-refractivity contribution in [2.24, 2.45) is 5.92 Å². The average Bonchev–Trinajstić information content (AvgIpc) is 2.31. The van der Waals surface area contributed by atoms with Crippen LogP contribution in [0.4, 0.5) is 0 Å². The molecule has 13 heavy (non-hydrogen) atoms. The summed E-state index contributed by atoms with van der Waals surface area (Å²) < 4.78 is 0.816. The zero-order valence-corrected chi connectivity index (χ0v) is 8.94. The number of hydrogen-bond acceptors (Lipinski definition) is 2. The summed E-state index contributed by atoms with van der Waals surface area (Å²) in [7, 11) is 0. The third-order valence-electron chi connectivity index (χ3n) is 2.73. The van der Waals surface area contributed by atoms with E-state index in [4.69, 9.17) is 11.6 Å². The summed E-state index contributed by atoms with van der Waals surface area (Å²) in [6, 6.07) is 3.91. The van der Waals surface area contributed by atoms with Crippen LogP contribution in [0.5, 0.6) is 0 Å². The van der Waals surface area contributed by atoms with E-state index in [0.29, 0.717) is 5.92 Å². The molecule has 1 heterocycles. The summed E-state index contributed by atoms with van der Waals surface area (Å²) >= 11 is 7.38. The van der Waals surface area contributed by atoms with E-state index in [2.05, 4.69) is 0 Å². The van der Waals surface area contributed by atoms with Crippen LogP contribution in [0.15, 0.2) is 12.1 Å². The molecule has 1 aromatic heterocycles. The summed E-state index contributed by atoms with van der Waals surface area (Å²) in [4.78, 5) is 1.20. The third kappa shape index (κ3) is 2.25. The topological polar surface area (TPSA) is 20.2 Å². The molecular formula is C10H13ClOS. The lowest BCUT2D eigenvalue weighted by Gasteiger charge is -2.29. The van der Waals surface area contributed by atoms with Crippen molar-refractivity contribution in [2.45, 2.75) is 31.8 Å². The van der Waals surface area contributed by atoms with Crippen LogP contribution in [0.2, 0.25) is 4.34 Å². The highest BCUT2D eigenvalue weighted by molar-refractivity contribution is 7.16. The van der Waals surface area contributed by atoms with Crippen LogP contribution >= 0.6 is 22.9 Å². The van der Waals surface area contributed by atoms with Crippen molar-refractivity contribution in [2.75, 3.05) is 0 Å². The number of rotatable bonds is 3.